The van der Waals surface area contributed by atoms with Crippen LogP contribution in [0.3, 0.4) is 0 Å². The molecule has 0 aliphatic rings. The molecular weight excluding hydrogens is 288 g/mol. The molecule has 0 saturated carbocycles. The number of rotatable bonds is 4. The number of nitrogens with zero attached hydrogens (tertiary/aromatic N) is 5. The Morgan fingerprint density at radius 2 is 2.10 bits per heavy atom. The number of carboxylic acid groups (broad SMARTS) is 1. The summed E-state index contributed by atoms with van der Waals surface area (Å²) in [4.78, 5) is 40.4. The molecule has 2 aromatic heterocycles. The maximum Gasteiger partial charge on any atom is 0.332 e. The molecule has 0 aliphatic heterocycles. The predicted octanol–water partition coefficient (Wildman–Crippen LogP) is -0.223. The zero-order chi connectivity index (χ0) is 14.9. The van der Waals surface area contributed by atoms with Gasteiger partial charge < -0.3 is 10.1 Å². The number of aryl methyl sites for hydroxylation is 1. The first kappa shape index (κ1) is 14.0. The molecule has 0 unspecified atom stereocenters. The van der Waals surface area contributed by atoms with E-state index in [0.29, 0.717) is 0 Å². The maximum absolute atomic E-state index is 11.9. The van der Waals surface area contributed by atoms with E-state index in [0.717, 1.165) is 16.5 Å². The first-order chi connectivity index (χ1) is 9.41. The summed E-state index contributed by atoms with van der Waals surface area (Å²) < 4.78 is 5.70. The number of hydrogen-bond acceptors (Lipinski definition) is 7. The lowest BCUT2D eigenvalue weighted by molar-refractivity contribution is -0.133. The minimum atomic E-state index is -1.02. The minimum absolute atomic E-state index is 0.0242. The van der Waals surface area contributed by atoms with Gasteiger partial charge in [0, 0.05) is 26.0 Å². The number of carbonyl (C=O) groups is 1. The van der Waals surface area contributed by atoms with Gasteiger partial charge in [0.05, 0.1) is 0 Å². The molecule has 0 aromatic carbocycles. The molecule has 0 bridgehead atoms. The Morgan fingerprint density at radius 1 is 1.40 bits per heavy atom. The third kappa shape index (κ3) is 2.47. The average Bonchev–Trinajstić information content (AvgIpc) is 2.83. The van der Waals surface area contributed by atoms with Crippen LogP contribution in [-0.2, 0) is 18.9 Å². The smallest absolute Gasteiger partial charge is 0.332 e. The summed E-state index contributed by atoms with van der Waals surface area (Å²) in [6.45, 7) is 0. The number of aromatic amines is 1. The van der Waals surface area contributed by atoms with E-state index in [1.165, 1.54) is 18.7 Å². The van der Waals surface area contributed by atoms with E-state index in [2.05, 4.69) is 19.6 Å². The van der Waals surface area contributed by atoms with Crippen molar-refractivity contribution in [2.75, 3.05) is 5.75 Å². The van der Waals surface area contributed by atoms with E-state index in [4.69, 9.17) is 5.11 Å². The number of nitrogens with one attached hydrogen (secondary N) is 1. The van der Waals surface area contributed by atoms with Gasteiger partial charge >= 0.3 is 11.7 Å². The minimum Gasteiger partial charge on any atom is -0.481 e. The topological polar surface area (TPSA) is 135 Å². The number of imidazole rings is 1. The van der Waals surface area contributed by atoms with Crippen LogP contribution in [0.1, 0.15) is 0 Å². The van der Waals surface area contributed by atoms with Crippen molar-refractivity contribution in [3.05, 3.63) is 20.8 Å². The predicted molar refractivity (Wildman–Crippen MR) is 71.2 cm³/mol. The highest BCUT2D eigenvalue weighted by molar-refractivity contribution is 7.98. The van der Waals surface area contributed by atoms with Gasteiger partial charge in [-0.25, -0.2) is 4.79 Å². The van der Waals surface area contributed by atoms with Crippen LogP contribution in [-0.4, -0.2) is 35.9 Å². The molecule has 2 heterocycles. The molecule has 0 fully saturated rings. The third-order valence-corrected chi connectivity index (χ3v) is 3.04. The number of hydrogen-bond donors (Lipinski definition) is 2. The Morgan fingerprint density at radius 3 is 2.75 bits per heavy atom. The first-order valence-corrected chi connectivity index (χ1v) is 6.26. The number of aliphatic carboxylic acids is 1. The Labute approximate surface area is 115 Å². The Hall–Kier alpha value is -2.43. The second kappa shape index (κ2) is 5.28. The quantitative estimate of drug-likeness (QED) is 0.591. The number of H-pyrrole nitrogens is 1. The molecule has 2 aromatic rings. The summed E-state index contributed by atoms with van der Waals surface area (Å²) in [5.74, 6) is -1.23. The van der Waals surface area contributed by atoms with Crippen LogP contribution in [0, 0.1) is 0 Å². The molecule has 10 nitrogen and oxygen atoms in total. The Bertz CT molecular complexity index is 816. The molecule has 0 spiro atoms. The fourth-order valence-corrected chi connectivity index (χ4v) is 1.82. The summed E-state index contributed by atoms with van der Waals surface area (Å²) in [6, 6.07) is 0. The van der Waals surface area contributed by atoms with Gasteiger partial charge in [-0.1, -0.05) is 0 Å². The summed E-state index contributed by atoms with van der Waals surface area (Å²) in [6.07, 6.45) is 0. The summed E-state index contributed by atoms with van der Waals surface area (Å²) in [5, 5.41) is 12.1. The van der Waals surface area contributed by atoms with Crippen LogP contribution >= 0.6 is 11.9 Å². The standard InChI is InChI=1S/C9H10N6O4S/c1-14-6-5(7(18)15(2)9(14)19)10-8(11-6)12-13-20-3-4(16)17/h3H2,1-2H3,(H,10,11)(H,16,17)/b13-12+. The third-order valence-electron chi connectivity index (χ3n) is 2.46. The number of carboxylic acids is 1. The Balaban J connectivity index is 2.42. The van der Waals surface area contributed by atoms with E-state index in [1.807, 2.05) is 0 Å². The van der Waals surface area contributed by atoms with E-state index >= 15 is 0 Å². The first-order valence-electron chi connectivity index (χ1n) is 5.32. The lowest BCUT2D eigenvalue weighted by Crippen LogP contribution is -2.36. The zero-order valence-electron chi connectivity index (χ0n) is 10.5. The lowest BCUT2D eigenvalue weighted by atomic mass is 10.5. The summed E-state index contributed by atoms with van der Waals surface area (Å²) in [7, 11) is 2.83. The monoisotopic (exact) mass is 298 g/mol. The normalized spacial score (nSPS) is 11.5. The molecule has 0 aliphatic carbocycles. The molecule has 0 amide bonds. The molecule has 11 heteroatoms. The largest absolute Gasteiger partial charge is 0.481 e. The molecule has 0 radical (unpaired) electrons. The van der Waals surface area contributed by atoms with Gasteiger partial charge in [0.15, 0.2) is 11.2 Å². The van der Waals surface area contributed by atoms with Crippen molar-refractivity contribution in [1.29, 1.82) is 0 Å². The van der Waals surface area contributed by atoms with Crippen molar-refractivity contribution in [3.63, 3.8) is 0 Å². The van der Waals surface area contributed by atoms with Crippen LogP contribution in [0.25, 0.3) is 11.2 Å². The van der Waals surface area contributed by atoms with Gasteiger partial charge in [0.25, 0.3) is 5.56 Å². The van der Waals surface area contributed by atoms with Crippen molar-refractivity contribution in [2.24, 2.45) is 23.7 Å². The summed E-state index contributed by atoms with van der Waals surface area (Å²) >= 11 is 0.728. The van der Waals surface area contributed by atoms with E-state index < -0.39 is 17.2 Å². The highest BCUT2D eigenvalue weighted by Crippen LogP contribution is 2.14. The van der Waals surface area contributed by atoms with Crippen molar-refractivity contribution < 1.29 is 9.90 Å². The van der Waals surface area contributed by atoms with Crippen LogP contribution in [0.4, 0.5) is 5.95 Å². The molecule has 20 heavy (non-hydrogen) atoms. The zero-order valence-corrected chi connectivity index (χ0v) is 11.3. The van der Waals surface area contributed by atoms with Crippen LogP contribution < -0.4 is 11.2 Å². The van der Waals surface area contributed by atoms with Gasteiger partial charge in [-0.2, -0.15) is 4.98 Å². The second-order valence-corrected chi connectivity index (χ2v) is 4.52. The van der Waals surface area contributed by atoms with Gasteiger partial charge in [0.2, 0.25) is 5.95 Å². The maximum atomic E-state index is 11.9. The number of fused-ring (bicyclic) bond motifs is 1. The van der Waals surface area contributed by atoms with Crippen LogP contribution in [0.15, 0.2) is 19.2 Å². The van der Waals surface area contributed by atoms with E-state index in [1.54, 1.807) is 0 Å². The molecule has 2 N–H and O–H groups in total. The SMILES string of the molecule is Cn1c(=O)c2[nH]c(/N=N/SCC(=O)O)nc2n(C)c1=O. The van der Waals surface area contributed by atoms with E-state index in [-0.39, 0.29) is 22.9 Å². The van der Waals surface area contributed by atoms with Crippen molar-refractivity contribution in [2.45, 2.75) is 0 Å². The molecular formula is C9H10N6O4S. The Kier molecular flexibility index (Phi) is 3.70. The van der Waals surface area contributed by atoms with Gasteiger partial charge in [-0.3, -0.25) is 18.7 Å². The van der Waals surface area contributed by atoms with Crippen LogP contribution in [0.2, 0.25) is 0 Å². The van der Waals surface area contributed by atoms with Gasteiger partial charge in [-0.05, 0) is 0 Å². The average molecular weight is 298 g/mol. The molecule has 106 valence electrons. The van der Waals surface area contributed by atoms with E-state index in [9.17, 15) is 14.4 Å². The fourth-order valence-electron chi connectivity index (χ4n) is 1.51. The van der Waals surface area contributed by atoms with Crippen molar-refractivity contribution >= 4 is 35.0 Å². The van der Waals surface area contributed by atoms with Crippen molar-refractivity contribution in [3.8, 4) is 0 Å². The van der Waals surface area contributed by atoms with Gasteiger partial charge in [-0.15, -0.1) is 9.63 Å². The highest BCUT2D eigenvalue weighted by atomic mass is 32.2. The molecule has 2 rings (SSSR count). The lowest BCUT2D eigenvalue weighted by Gasteiger charge is -2.00. The molecule has 0 saturated heterocycles. The highest BCUT2D eigenvalue weighted by Gasteiger charge is 2.12. The molecule has 0 atom stereocenters. The summed E-state index contributed by atoms with van der Waals surface area (Å²) in [5.41, 5.74) is -0.727. The van der Waals surface area contributed by atoms with Crippen LogP contribution in [0.5, 0.6) is 0 Å². The second-order valence-electron chi connectivity index (χ2n) is 3.81. The van der Waals surface area contributed by atoms with Crippen molar-refractivity contribution in [1.82, 2.24) is 19.1 Å². The van der Waals surface area contributed by atoms with Gasteiger partial charge in [0.1, 0.15) is 5.75 Å². The fraction of sp³-hybridized carbons (Fsp3) is 0.333. The number of aromatic nitrogens is 4.